The predicted octanol–water partition coefficient (Wildman–Crippen LogP) is 3.14. The first-order chi connectivity index (χ1) is 10.6. The van der Waals surface area contributed by atoms with Crippen LogP contribution in [-0.4, -0.2) is 18.3 Å². The molecule has 0 fully saturated rings. The highest BCUT2D eigenvalue weighted by atomic mass is 16.5. The Morgan fingerprint density at radius 2 is 2.00 bits per heavy atom. The molecule has 0 saturated heterocycles. The second-order valence-corrected chi connectivity index (χ2v) is 5.41. The van der Waals surface area contributed by atoms with Gasteiger partial charge in [0.25, 0.3) is 5.91 Å². The van der Waals surface area contributed by atoms with E-state index in [4.69, 9.17) is 4.74 Å². The average Bonchev–Trinajstić information content (AvgIpc) is 2.87. The third kappa shape index (κ3) is 3.01. The summed E-state index contributed by atoms with van der Waals surface area (Å²) < 4.78 is 5.60. The van der Waals surface area contributed by atoms with Crippen molar-refractivity contribution in [1.82, 2.24) is 0 Å². The molecule has 3 rings (SSSR count). The number of fused-ring (bicyclic) bond motifs is 1. The zero-order valence-corrected chi connectivity index (χ0v) is 12.4. The average molecular weight is 295 g/mol. The highest BCUT2D eigenvalue weighted by molar-refractivity contribution is 6.01. The van der Waals surface area contributed by atoms with Crippen molar-refractivity contribution in [3.8, 4) is 5.75 Å². The van der Waals surface area contributed by atoms with Crippen LogP contribution in [0.3, 0.4) is 0 Å². The number of carbonyl (C=O) groups excluding carboxylic acids is 2. The fraction of sp³-hybridized carbons (Fsp3) is 0.222. The van der Waals surface area contributed by atoms with Crippen molar-refractivity contribution in [2.45, 2.75) is 19.8 Å². The fourth-order valence-electron chi connectivity index (χ4n) is 2.66. The summed E-state index contributed by atoms with van der Waals surface area (Å²) >= 11 is 0. The highest BCUT2D eigenvalue weighted by Gasteiger charge is 2.22. The quantitative estimate of drug-likeness (QED) is 0.942. The SMILES string of the molecule is Cc1cccc(NC(=O)COc2cccc3c2CCC3=O)c1. The van der Waals surface area contributed by atoms with Crippen molar-refractivity contribution in [3.63, 3.8) is 0 Å². The van der Waals surface area contributed by atoms with E-state index >= 15 is 0 Å². The summed E-state index contributed by atoms with van der Waals surface area (Å²) in [5.74, 6) is 0.555. The summed E-state index contributed by atoms with van der Waals surface area (Å²) in [6, 6.07) is 13.0. The molecule has 0 heterocycles. The summed E-state index contributed by atoms with van der Waals surface area (Å²) in [7, 11) is 0. The first kappa shape index (κ1) is 14.3. The first-order valence-electron chi connectivity index (χ1n) is 7.28. The maximum Gasteiger partial charge on any atom is 0.262 e. The molecule has 1 amide bonds. The Balaban J connectivity index is 1.64. The van der Waals surface area contributed by atoms with Crippen molar-refractivity contribution < 1.29 is 14.3 Å². The summed E-state index contributed by atoms with van der Waals surface area (Å²) in [5, 5.41) is 2.80. The van der Waals surface area contributed by atoms with Crippen molar-refractivity contribution in [2.24, 2.45) is 0 Å². The van der Waals surface area contributed by atoms with Crippen LogP contribution in [0.15, 0.2) is 42.5 Å². The third-order valence-electron chi connectivity index (χ3n) is 3.70. The van der Waals surface area contributed by atoms with Crippen molar-refractivity contribution in [2.75, 3.05) is 11.9 Å². The Hall–Kier alpha value is -2.62. The van der Waals surface area contributed by atoms with E-state index in [1.54, 1.807) is 12.1 Å². The third-order valence-corrected chi connectivity index (χ3v) is 3.70. The maximum absolute atomic E-state index is 12.0. The van der Waals surface area contributed by atoms with Gasteiger partial charge in [-0.15, -0.1) is 0 Å². The topological polar surface area (TPSA) is 55.4 Å². The number of benzene rings is 2. The second-order valence-electron chi connectivity index (χ2n) is 5.41. The molecule has 0 aliphatic heterocycles. The molecule has 0 atom stereocenters. The zero-order valence-electron chi connectivity index (χ0n) is 12.4. The Kier molecular flexibility index (Phi) is 3.92. The Morgan fingerprint density at radius 1 is 1.18 bits per heavy atom. The number of carbonyl (C=O) groups is 2. The van der Waals surface area contributed by atoms with Gasteiger partial charge in [0.05, 0.1) is 0 Å². The molecule has 1 aliphatic carbocycles. The van der Waals surface area contributed by atoms with Crippen LogP contribution in [0.4, 0.5) is 5.69 Å². The number of ketones is 1. The molecule has 0 bridgehead atoms. The Morgan fingerprint density at radius 3 is 2.82 bits per heavy atom. The molecule has 2 aromatic carbocycles. The standard InChI is InChI=1S/C18H17NO3/c1-12-4-2-5-13(10-12)19-18(21)11-22-17-7-3-6-14-15(17)8-9-16(14)20/h2-7,10H,8-9,11H2,1H3,(H,19,21). The van der Waals surface area contributed by atoms with Crippen LogP contribution < -0.4 is 10.1 Å². The van der Waals surface area contributed by atoms with Crippen molar-refractivity contribution in [3.05, 3.63) is 59.2 Å². The lowest BCUT2D eigenvalue weighted by molar-refractivity contribution is -0.118. The number of Topliss-reactive ketones (excluding diaryl/α,β-unsaturated/α-hetero) is 1. The molecular formula is C18H17NO3. The minimum absolute atomic E-state index is 0.0708. The molecule has 4 nitrogen and oxygen atoms in total. The van der Waals surface area contributed by atoms with Crippen molar-refractivity contribution >= 4 is 17.4 Å². The monoisotopic (exact) mass is 295 g/mol. The van der Waals surface area contributed by atoms with E-state index in [0.29, 0.717) is 18.6 Å². The van der Waals surface area contributed by atoms with Crippen LogP contribution in [-0.2, 0) is 11.2 Å². The largest absolute Gasteiger partial charge is 0.483 e. The first-order valence-corrected chi connectivity index (χ1v) is 7.28. The van der Waals surface area contributed by atoms with E-state index in [2.05, 4.69) is 5.32 Å². The van der Waals surface area contributed by atoms with Gasteiger partial charge in [-0.25, -0.2) is 0 Å². The van der Waals surface area contributed by atoms with Gasteiger partial charge in [0.1, 0.15) is 5.75 Å². The number of anilines is 1. The summed E-state index contributed by atoms with van der Waals surface area (Å²) in [6.07, 6.45) is 1.20. The second kappa shape index (κ2) is 6.02. The lowest BCUT2D eigenvalue weighted by Crippen LogP contribution is -2.20. The zero-order chi connectivity index (χ0) is 15.5. The van der Waals surface area contributed by atoms with Gasteiger partial charge in [-0.05, 0) is 37.1 Å². The van der Waals surface area contributed by atoms with Gasteiger partial charge in [-0.1, -0.05) is 24.3 Å². The van der Waals surface area contributed by atoms with Crippen molar-refractivity contribution in [1.29, 1.82) is 0 Å². The molecule has 0 aromatic heterocycles. The maximum atomic E-state index is 12.0. The van der Waals surface area contributed by atoms with Crippen LogP contribution >= 0.6 is 0 Å². The molecule has 1 N–H and O–H groups in total. The van der Waals surface area contributed by atoms with Gasteiger partial charge in [0, 0.05) is 23.2 Å². The molecule has 2 aromatic rings. The number of aryl methyl sites for hydroxylation is 1. The van der Waals surface area contributed by atoms with Gasteiger partial charge in [0.15, 0.2) is 12.4 Å². The minimum atomic E-state index is -0.215. The van der Waals surface area contributed by atoms with Crippen LogP contribution in [0.1, 0.15) is 27.9 Å². The van der Waals surface area contributed by atoms with Crippen LogP contribution in [0.2, 0.25) is 0 Å². The predicted molar refractivity (Wildman–Crippen MR) is 84.4 cm³/mol. The van der Waals surface area contributed by atoms with Gasteiger partial charge in [-0.3, -0.25) is 9.59 Å². The number of hydrogen-bond donors (Lipinski definition) is 1. The molecule has 22 heavy (non-hydrogen) atoms. The molecule has 0 saturated carbocycles. The van der Waals surface area contributed by atoms with E-state index in [9.17, 15) is 9.59 Å². The fourth-order valence-corrected chi connectivity index (χ4v) is 2.66. The van der Waals surface area contributed by atoms with E-state index in [1.165, 1.54) is 0 Å². The summed E-state index contributed by atoms with van der Waals surface area (Å²) in [4.78, 5) is 23.7. The molecular weight excluding hydrogens is 278 g/mol. The lowest BCUT2D eigenvalue weighted by atomic mass is 10.1. The molecule has 112 valence electrons. The number of hydrogen-bond acceptors (Lipinski definition) is 3. The van der Waals surface area contributed by atoms with Crippen LogP contribution in [0, 0.1) is 6.92 Å². The van der Waals surface area contributed by atoms with Crippen LogP contribution in [0.5, 0.6) is 5.75 Å². The minimum Gasteiger partial charge on any atom is -0.483 e. The lowest BCUT2D eigenvalue weighted by Gasteiger charge is -2.11. The molecule has 4 heteroatoms. The van der Waals surface area contributed by atoms with E-state index in [0.717, 1.165) is 22.4 Å². The van der Waals surface area contributed by atoms with Gasteiger partial charge in [-0.2, -0.15) is 0 Å². The Labute approximate surface area is 129 Å². The number of amides is 1. The molecule has 0 radical (unpaired) electrons. The molecule has 0 spiro atoms. The Bertz CT molecular complexity index is 737. The molecule has 0 unspecified atom stereocenters. The number of nitrogens with one attached hydrogen (secondary N) is 1. The van der Waals surface area contributed by atoms with E-state index in [1.807, 2.05) is 37.3 Å². The number of rotatable bonds is 4. The number of ether oxygens (including phenoxy) is 1. The van der Waals surface area contributed by atoms with Gasteiger partial charge in [0.2, 0.25) is 0 Å². The normalized spacial score (nSPS) is 12.9. The smallest absolute Gasteiger partial charge is 0.262 e. The van der Waals surface area contributed by atoms with E-state index < -0.39 is 0 Å². The van der Waals surface area contributed by atoms with Crippen LogP contribution in [0.25, 0.3) is 0 Å². The highest BCUT2D eigenvalue weighted by Crippen LogP contribution is 2.30. The van der Waals surface area contributed by atoms with E-state index in [-0.39, 0.29) is 18.3 Å². The van der Waals surface area contributed by atoms with Gasteiger partial charge < -0.3 is 10.1 Å². The summed E-state index contributed by atoms with van der Waals surface area (Å²) in [6.45, 7) is 1.90. The van der Waals surface area contributed by atoms with Gasteiger partial charge >= 0.3 is 0 Å². The molecule has 1 aliphatic rings. The summed E-state index contributed by atoms with van der Waals surface area (Å²) in [5.41, 5.74) is 3.47.